The molecular weight excluding hydrogens is 364 g/mol. The number of H-pyrrole nitrogens is 1. The average molecular weight is 386 g/mol. The largest absolute Gasteiger partial charge is 0.497 e. The first-order valence-electron chi connectivity index (χ1n) is 9.77. The minimum absolute atomic E-state index is 0.112. The first-order valence-corrected chi connectivity index (χ1v) is 9.77. The molecule has 2 N–H and O–H groups in total. The Balaban J connectivity index is 1.73. The van der Waals surface area contributed by atoms with E-state index in [4.69, 9.17) is 9.72 Å². The maximum absolute atomic E-state index is 13.4. The molecule has 0 unspecified atom stereocenters. The summed E-state index contributed by atoms with van der Waals surface area (Å²) in [5, 5.41) is 6.86. The summed E-state index contributed by atoms with van der Waals surface area (Å²) >= 11 is 0. The Kier molecular flexibility index (Phi) is 4.12. The zero-order valence-electron chi connectivity index (χ0n) is 16.4. The summed E-state index contributed by atoms with van der Waals surface area (Å²) in [7, 11) is 1.63. The van der Waals surface area contributed by atoms with Gasteiger partial charge in [0.1, 0.15) is 11.4 Å². The molecule has 0 amide bonds. The highest BCUT2D eigenvalue weighted by molar-refractivity contribution is 5.86. The van der Waals surface area contributed by atoms with Crippen LogP contribution in [0.15, 0.2) is 59.4 Å². The summed E-state index contributed by atoms with van der Waals surface area (Å²) in [5.41, 5.74) is 5.43. The molecule has 1 saturated carbocycles. The summed E-state index contributed by atoms with van der Waals surface area (Å²) in [6.45, 7) is 1.89. The molecular formula is C23H22N4O2. The van der Waals surface area contributed by atoms with Crippen LogP contribution in [0.2, 0.25) is 0 Å². The van der Waals surface area contributed by atoms with Crippen molar-refractivity contribution in [1.29, 1.82) is 0 Å². The molecule has 29 heavy (non-hydrogen) atoms. The molecule has 0 bridgehead atoms. The van der Waals surface area contributed by atoms with Gasteiger partial charge in [-0.2, -0.15) is 4.52 Å². The van der Waals surface area contributed by atoms with Gasteiger partial charge in [0, 0.05) is 11.6 Å². The minimum atomic E-state index is -0.112. The minimum Gasteiger partial charge on any atom is -0.497 e. The van der Waals surface area contributed by atoms with Crippen molar-refractivity contribution in [2.24, 2.45) is 0 Å². The lowest BCUT2D eigenvalue weighted by atomic mass is 10.1. The van der Waals surface area contributed by atoms with Gasteiger partial charge in [-0.15, -0.1) is 0 Å². The number of nitrogens with one attached hydrogen (secondary N) is 2. The molecule has 1 aliphatic rings. The number of hydrogen-bond donors (Lipinski definition) is 2. The number of rotatable bonds is 5. The quantitative estimate of drug-likeness (QED) is 0.538. The van der Waals surface area contributed by atoms with Crippen LogP contribution in [0.4, 0.5) is 5.69 Å². The Bertz CT molecular complexity index is 1240. The first kappa shape index (κ1) is 17.6. The van der Waals surface area contributed by atoms with Crippen molar-refractivity contribution in [1.82, 2.24) is 14.6 Å². The molecule has 1 fully saturated rings. The van der Waals surface area contributed by atoms with Gasteiger partial charge in [0.2, 0.25) is 0 Å². The lowest BCUT2D eigenvalue weighted by Crippen LogP contribution is -2.19. The number of nitrogens with zero attached hydrogens (tertiary/aromatic N) is 2. The van der Waals surface area contributed by atoms with Crippen molar-refractivity contribution in [2.45, 2.75) is 25.8 Å². The van der Waals surface area contributed by atoms with Crippen molar-refractivity contribution < 1.29 is 4.74 Å². The van der Waals surface area contributed by atoms with E-state index in [1.807, 2.05) is 61.5 Å². The van der Waals surface area contributed by atoms with Crippen LogP contribution in [0.1, 0.15) is 18.5 Å². The first-order chi connectivity index (χ1) is 14.2. The molecule has 4 aromatic rings. The summed E-state index contributed by atoms with van der Waals surface area (Å²) in [5.74, 6) is 0.752. The lowest BCUT2D eigenvalue weighted by molar-refractivity contribution is 0.415. The smallest absolute Gasteiger partial charge is 0.280 e. The van der Waals surface area contributed by atoms with Gasteiger partial charge in [0.05, 0.1) is 24.1 Å². The van der Waals surface area contributed by atoms with Crippen LogP contribution in [-0.4, -0.2) is 27.7 Å². The van der Waals surface area contributed by atoms with Gasteiger partial charge >= 0.3 is 0 Å². The Hall–Kier alpha value is -3.54. The van der Waals surface area contributed by atoms with Crippen molar-refractivity contribution in [3.63, 3.8) is 0 Å². The predicted octanol–water partition coefficient (Wildman–Crippen LogP) is 4.25. The zero-order chi connectivity index (χ0) is 20.0. The van der Waals surface area contributed by atoms with Crippen LogP contribution >= 0.6 is 0 Å². The van der Waals surface area contributed by atoms with Gasteiger partial charge in [-0.25, -0.2) is 4.98 Å². The number of benzene rings is 2. The molecule has 146 valence electrons. The normalized spacial score (nSPS) is 13.6. The molecule has 0 atom stereocenters. The summed E-state index contributed by atoms with van der Waals surface area (Å²) in [6.07, 6.45) is 2.28. The highest BCUT2D eigenvalue weighted by Gasteiger charge is 2.26. The SMILES string of the molecule is COc1ccc(-c2c(C)nc3c(NC4CC4)c(-c4ccccc4)[nH]n3c2=O)cc1. The van der Waals surface area contributed by atoms with Crippen molar-refractivity contribution in [3.8, 4) is 28.1 Å². The third-order valence-electron chi connectivity index (χ3n) is 5.33. The Morgan fingerprint density at radius 2 is 1.79 bits per heavy atom. The molecule has 0 saturated heterocycles. The number of aryl methyl sites for hydroxylation is 1. The monoisotopic (exact) mass is 386 g/mol. The van der Waals surface area contributed by atoms with E-state index < -0.39 is 0 Å². The number of aromatic nitrogens is 3. The van der Waals surface area contributed by atoms with E-state index in [2.05, 4.69) is 10.4 Å². The predicted molar refractivity (Wildman–Crippen MR) is 115 cm³/mol. The van der Waals surface area contributed by atoms with E-state index in [0.29, 0.717) is 22.9 Å². The molecule has 0 aliphatic heterocycles. The molecule has 6 nitrogen and oxygen atoms in total. The Morgan fingerprint density at radius 3 is 2.45 bits per heavy atom. The van der Waals surface area contributed by atoms with E-state index in [1.54, 1.807) is 11.6 Å². The van der Waals surface area contributed by atoms with Crippen LogP contribution in [-0.2, 0) is 0 Å². The van der Waals surface area contributed by atoms with Crippen molar-refractivity contribution in [3.05, 3.63) is 70.6 Å². The average Bonchev–Trinajstić information content (AvgIpc) is 3.50. The van der Waals surface area contributed by atoms with Crippen LogP contribution in [0, 0.1) is 6.92 Å². The second kappa shape index (κ2) is 6.81. The van der Waals surface area contributed by atoms with Crippen molar-refractivity contribution in [2.75, 3.05) is 12.4 Å². The van der Waals surface area contributed by atoms with E-state index in [-0.39, 0.29) is 5.56 Å². The molecule has 0 radical (unpaired) electrons. The van der Waals surface area contributed by atoms with Crippen LogP contribution in [0.25, 0.3) is 28.0 Å². The van der Waals surface area contributed by atoms with Crippen LogP contribution in [0.5, 0.6) is 5.75 Å². The maximum atomic E-state index is 13.4. The number of aromatic amines is 1. The second-order valence-electron chi connectivity index (χ2n) is 7.41. The van der Waals surface area contributed by atoms with Gasteiger partial charge in [-0.05, 0) is 37.5 Å². The van der Waals surface area contributed by atoms with E-state index in [0.717, 1.165) is 41.1 Å². The van der Waals surface area contributed by atoms with Gasteiger partial charge in [0.25, 0.3) is 5.56 Å². The topological polar surface area (TPSA) is 71.4 Å². The highest BCUT2D eigenvalue weighted by Crippen LogP contribution is 2.35. The summed E-state index contributed by atoms with van der Waals surface area (Å²) < 4.78 is 6.79. The Labute approximate surface area is 168 Å². The van der Waals surface area contributed by atoms with Gasteiger partial charge in [0.15, 0.2) is 5.65 Å². The summed E-state index contributed by atoms with van der Waals surface area (Å²) in [6, 6.07) is 18.0. The molecule has 1 aliphatic carbocycles. The van der Waals surface area contributed by atoms with Crippen molar-refractivity contribution >= 4 is 11.3 Å². The summed E-state index contributed by atoms with van der Waals surface area (Å²) in [4.78, 5) is 18.3. The lowest BCUT2D eigenvalue weighted by Gasteiger charge is -2.08. The van der Waals surface area contributed by atoms with E-state index >= 15 is 0 Å². The fourth-order valence-corrected chi connectivity index (χ4v) is 3.65. The van der Waals surface area contributed by atoms with Crippen LogP contribution in [0.3, 0.4) is 0 Å². The van der Waals surface area contributed by atoms with Gasteiger partial charge in [-0.1, -0.05) is 42.5 Å². The fraction of sp³-hybridized carbons (Fsp3) is 0.217. The van der Waals surface area contributed by atoms with E-state index in [1.165, 1.54) is 0 Å². The Morgan fingerprint density at radius 1 is 1.07 bits per heavy atom. The van der Waals surface area contributed by atoms with Gasteiger partial charge < -0.3 is 10.1 Å². The molecule has 2 heterocycles. The van der Waals surface area contributed by atoms with Gasteiger partial charge in [-0.3, -0.25) is 9.89 Å². The number of methoxy groups -OCH3 is 1. The number of fused-ring (bicyclic) bond motifs is 1. The van der Waals surface area contributed by atoms with Crippen LogP contribution < -0.4 is 15.6 Å². The number of ether oxygens (including phenoxy) is 1. The maximum Gasteiger partial charge on any atom is 0.280 e. The van der Waals surface area contributed by atoms with E-state index in [9.17, 15) is 4.79 Å². The molecule has 0 spiro atoms. The third-order valence-corrected chi connectivity index (χ3v) is 5.33. The number of hydrogen-bond acceptors (Lipinski definition) is 4. The zero-order valence-corrected chi connectivity index (χ0v) is 16.4. The molecule has 5 rings (SSSR count). The third kappa shape index (κ3) is 3.06. The highest BCUT2D eigenvalue weighted by atomic mass is 16.5. The molecule has 2 aromatic carbocycles. The molecule has 6 heteroatoms. The number of anilines is 1. The standard InChI is InChI=1S/C23H22N4O2/c1-14-19(15-8-12-18(29-2)13-9-15)23(28)27-22(24-14)21(25-17-10-11-17)20(26-27)16-6-4-3-5-7-16/h3-9,12-13,17,25-26H,10-11H2,1-2H3. The fourth-order valence-electron chi connectivity index (χ4n) is 3.65. The molecule has 2 aromatic heterocycles. The second-order valence-corrected chi connectivity index (χ2v) is 7.41.